The summed E-state index contributed by atoms with van der Waals surface area (Å²) in [6.45, 7) is 5.30. The average Bonchev–Trinajstić information content (AvgIpc) is 2.96. The van der Waals surface area contributed by atoms with Gasteiger partial charge in [-0.25, -0.2) is 4.98 Å². The third kappa shape index (κ3) is 3.91. The quantitative estimate of drug-likeness (QED) is 0.747. The Morgan fingerprint density at radius 1 is 1.04 bits per heavy atom. The zero-order valence-corrected chi connectivity index (χ0v) is 15.8. The van der Waals surface area contributed by atoms with Gasteiger partial charge >= 0.3 is 0 Å². The number of methoxy groups -OCH3 is 2. The molecule has 1 saturated heterocycles. The lowest BCUT2D eigenvalue weighted by Gasteiger charge is -2.19. The normalized spacial score (nSPS) is 15.6. The van der Waals surface area contributed by atoms with E-state index in [-0.39, 0.29) is 0 Å². The highest BCUT2D eigenvalue weighted by Crippen LogP contribution is 2.33. The molecule has 2 aromatic carbocycles. The van der Waals surface area contributed by atoms with E-state index in [9.17, 15) is 0 Å². The second-order valence-corrected chi connectivity index (χ2v) is 6.77. The zero-order chi connectivity index (χ0) is 18.6. The molecule has 0 saturated carbocycles. The van der Waals surface area contributed by atoms with Crippen LogP contribution in [0.3, 0.4) is 0 Å². The Hall–Kier alpha value is -2.57. The van der Waals surface area contributed by atoms with Gasteiger partial charge in [-0.1, -0.05) is 6.07 Å². The maximum absolute atomic E-state index is 5.96. The highest BCUT2D eigenvalue weighted by molar-refractivity contribution is 5.77. The Labute approximate surface area is 159 Å². The van der Waals surface area contributed by atoms with Gasteiger partial charge in [-0.2, -0.15) is 0 Å². The van der Waals surface area contributed by atoms with Gasteiger partial charge in [0.1, 0.15) is 5.52 Å². The van der Waals surface area contributed by atoms with Crippen LogP contribution in [0.25, 0.3) is 22.6 Å². The molecule has 0 aliphatic carbocycles. The van der Waals surface area contributed by atoms with Crippen molar-refractivity contribution in [3.63, 3.8) is 0 Å². The number of nitrogens with one attached hydrogen (secondary N) is 1. The zero-order valence-electron chi connectivity index (χ0n) is 15.8. The van der Waals surface area contributed by atoms with Crippen LogP contribution in [0.1, 0.15) is 12.0 Å². The van der Waals surface area contributed by atoms with Gasteiger partial charge < -0.3 is 19.2 Å². The first kappa shape index (κ1) is 17.8. The van der Waals surface area contributed by atoms with Crippen molar-refractivity contribution in [2.45, 2.75) is 13.0 Å². The van der Waals surface area contributed by atoms with Crippen molar-refractivity contribution in [1.82, 2.24) is 15.2 Å². The fraction of sp³-hybridized carbons (Fsp3) is 0.381. The monoisotopic (exact) mass is 367 g/mol. The fourth-order valence-corrected chi connectivity index (χ4v) is 3.48. The largest absolute Gasteiger partial charge is 0.493 e. The van der Waals surface area contributed by atoms with Gasteiger partial charge in [-0.3, -0.25) is 4.90 Å². The van der Waals surface area contributed by atoms with E-state index >= 15 is 0 Å². The Balaban J connectivity index is 1.59. The van der Waals surface area contributed by atoms with E-state index in [1.807, 2.05) is 24.3 Å². The first-order chi connectivity index (χ1) is 13.3. The number of hydrogen-bond donors (Lipinski definition) is 1. The minimum atomic E-state index is 0.585. The molecule has 0 atom stereocenters. The standard InChI is InChI=1S/C21H25N3O3/c1-25-19-7-5-16(13-20(19)26-2)21-23-17-12-15(4-6-18(17)27-21)14-24-10-3-8-22-9-11-24/h4-7,12-13,22H,3,8-11,14H2,1-2H3. The Morgan fingerprint density at radius 3 is 2.78 bits per heavy atom. The van der Waals surface area contributed by atoms with Gasteiger partial charge in [0.15, 0.2) is 17.1 Å². The summed E-state index contributed by atoms with van der Waals surface area (Å²) < 4.78 is 16.6. The van der Waals surface area contributed by atoms with Crippen LogP contribution >= 0.6 is 0 Å². The second kappa shape index (κ2) is 7.98. The summed E-state index contributed by atoms with van der Waals surface area (Å²) in [6.07, 6.45) is 1.19. The minimum absolute atomic E-state index is 0.585. The molecule has 6 heteroatoms. The van der Waals surface area contributed by atoms with Crippen LogP contribution in [0.15, 0.2) is 40.8 Å². The summed E-state index contributed by atoms with van der Waals surface area (Å²) in [7, 11) is 3.25. The van der Waals surface area contributed by atoms with Gasteiger partial charge in [-0.05, 0) is 55.4 Å². The number of ether oxygens (including phenoxy) is 2. The van der Waals surface area contributed by atoms with Gasteiger partial charge in [-0.15, -0.1) is 0 Å². The van der Waals surface area contributed by atoms with Crippen molar-refractivity contribution < 1.29 is 13.9 Å². The maximum atomic E-state index is 5.96. The smallest absolute Gasteiger partial charge is 0.227 e. The summed E-state index contributed by atoms with van der Waals surface area (Å²) in [5.74, 6) is 1.93. The summed E-state index contributed by atoms with van der Waals surface area (Å²) in [4.78, 5) is 7.17. The molecule has 6 nitrogen and oxygen atoms in total. The Kier molecular flexibility index (Phi) is 5.27. The van der Waals surface area contributed by atoms with E-state index in [1.54, 1.807) is 14.2 Å². The van der Waals surface area contributed by atoms with Gasteiger partial charge in [0.25, 0.3) is 0 Å². The molecule has 1 aromatic heterocycles. The molecule has 1 N–H and O–H groups in total. The second-order valence-electron chi connectivity index (χ2n) is 6.77. The number of nitrogens with zero attached hydrogens (tertiary/aromatic N) is 2. The van der Waals surface area contributed by atoms with Gasteiger partial charge in [0, 0.05) is 25.2 Å². The van der Waals surface area contributed by atoms with Gasteiger partial charge in [0.2, 0.25) is 5.89 Å². The van der Waals surface area contributed by atoms with Crippen molar-refractivity contribution >= 4 is 11.1 Å². The van der Waals surface area contributed by atoms with E-state index in [0.29, 0.717) is 17.4 Å². The number of hydrogen-bond acceptors (Lipinski definition) is 6. The van der Waals surface area contributed by atoms with E-state index in [1.165, 1.54) is 12.0 Å². The maximum Gasteiger partial charge on any atom is 0.227 e. The summed E-state index contributed by atoms with van der Waals surface area (Å²) in [6, 6.07) is 11.9. The molecule has 0 bridgehead atoms. The average molecular weight is 367 g/mol. The molecule has 1 fully saturated rings. The lowest BCUT2D eigenvalue weighted by molar-refractivity contribution is 0.284. The van der Waals surface area contributed by atoms with Crippen LogP contribution in [-0.2, 0) is 6.54 Å². The molecule has 27 heavy (non-hydrogen) atoms. The summed E-state index contributed by atoms with van der Waals surface area (Å²) in [5, 5.41) is 3.44. The number of rotatable bonds is 5. The molecule has 0 spiro atoms. The summed E-state index contributed by atoms with van der Waals surface area (Å²) >= 11 is 0. The van der Waals surface area contributed by atoms with Crippen LogP contribution < -0.4 is 14.8 Å². The summed E-state index contributed by atoms with van der Waals surface area (Å²) in [5.41, 5.74) is 3.80. The van der Waals surface area contributed by atoms with Crippen LogP contribution in [0.4, 0.5) is 0 Å². The van der Waals surface area contributed by atoms with Crippen LogP contribution in [0.5, 0.6) is 11.5 Å². The van der Waals surface area contributed by atoms with E-state index in [0.717, 1.165) is 49.4 Å². The molecular weight excluding hydrogens is 342 g/mol. The Morgan fingerprint density at radius 2 is 1.93 bits per heavy atom. The number of aromatic nitrogens is 1. The SMILES string of the molecule is COc1ccc(-c2nc3cc(CN4CCCNCC4)ccc3o2)cc1OC. The molecule has 142 valence electrons. The van der Waals surface area contributed by atoms with Crippen molar-refractivity contribution in [3.8, 4) is 23.0 Å². The Bertz CT molecular complexity index is 914. The van der Waals surface area contributed by atoms with Crippen LogP contribution in [0.2, 0.25) is 0 Å². The fourth-order valence-electron chi connectivity index (χ4n) is 3.48. The molecule has 4 rings (SSSR count). The highest BCUT2D eigenvalue weighted by Gasteiger charge is 2.14. The van der Waals surface area contributed by atoms with Crippen molar-refractivity contribution in [2.75, 3.05) is 40.4 Å². The van der Waals surface area contributed by atoms with E-state index < -0.39 is 0 Å². The molecule has 0 radical (unpaired) electrons. The lowest BCUT2D eigenvalue weighted by atomic mass is 10.2. The number of benzene rings is 2. The topological polar surface area (TPSA) is 59.8 Å². The third-order valence-electron chi connectivity index (χ3n) is 4.92. The van der Waals surface area contributed by atoms with Crippen molar-refractivity contribution in [2.24, 2.45) is 0 Å². The van der Waals surface area contributed by atoms with Gasteiger partial charge in [0.05, 0.1) is 14.2 Å². The first-order valence-corrected chi connectivity index (χ1v) is 9.32. The third-order valence-corrected chi connectivity index (χ3v) is 4.92. The van der Waals surface area contributed by atoms with Crippen molar-refractivity contribution in [1.29, 1.82) is 0 Å². The molecule has 0 amide bonds. The number of fused-ring (bicyclic) bond motifs is 1. The van der Waals surface area contributed by atoms with Crippen LogP contribution in [0, 0.1) is 0 Å². The molecule has 1 aliphatic rings. The number of oxazole rings is 1. The van der Waals surface area contributed by atoms with Crippen LogP contribution in [-0.4, -0.2) is 50.3 Å². The minimum Gasteiger partial charge on any atom is -0.493 e. The lowest BCUT2D eigenvalue weighted by Crippen LogP contribution is -2.27. The van der Waals surface area contributed by atoms with E-state index in [2.05, 4.69) is 22.3 Å². The molecule has 0 unspecified atom stereocenters. The van der Waals surface area contributed by atoms with Crippen molar-refractivity contribution in [3.05, 3.63) is 42.0 Å². The molecular formula is C21H25N3O3. The predicted molar refractivity (Wildman–Crippen MR) is 105 cm³/mol. The molecule has 1 aliphatic heterocycles. The van der Waals surface area contributed by atoms with E-state index in [4.69, 9.17) is 18.9 Å². The molecule has 2 heterocycles. The first-order valence-electron chi connectivity index (χ1n) is 9.32. The molecule has 3 aromatic rings. The predicted octanol–water partition coefficient (Wildman–Crippen LogP) is 3.31. The highest BCUT2D eigenvalue weighted by atomic mass is 16.5.